The predicted octanol–water partition coefficient (Wildman–Crippen LogP) is 0.873. The van der Waals surface area contributed by atoms with Crippen molar-refractivity contribution in [2.24, 2.45) is 0 Å². The van der Waals surface area contributed by atoms with Gasteiger partial charge in [-0.15, -0.1) is 0 Å². The summed E-state index contributed by atoms with van der Waals surface area (Å²) in [5.74, 6) is 0. The quantitative estimate of drug-likeness (QED) is 0.837. The molecule has 2 fully saturated rings. The van der Waals surface area contributed by atoms with E-state index in [-0.39, 0.29) is 6.04 Å². The van der Waals surface area contributed by atoms with Crippen LogP contribution in [0.15, 0.2) is 0 Å². The van der Waals surface area contributed by atoms with Gasteiger partial charge in [0.25, 0.3) is 0 Å². The van der Waals surface area contributed by atoms with Crippen LogP contribution in [0.5, 0.6) is 0 Å². The molecule has 0 aromatic carbocycles. The molecule has 0 aromatic heterocycles. The topological polar surface area (TPSA) is 52.6 Å². The summed E-state index contributed by atoms with van der Waals surface area (Å²) in [5, 5.41) is 0. The first-order valence-corrected chi connectivity index (χ1v) is 9.64. The van der Waals surface area contributed by atoms with Gasteiger partial charge in [-0.1, -0.05) is 12.8 Å². The Hall–Kier alpha value is -0.170. The maximum Gasteiger partial charge on any atom is 0.209 e. The summed E-state index contributed by atoms with van der Waals surface area (Å²) in [6.45, 7) is 2.19. The monoisotopic (exact) mass is 303 g/mol. The third-order valence-corrected chi connectivity index (χ3v) is 5.52. The van der Waals surface area contributed by atoms with Gasteiger partial charge in [0.2, 0.25) is 10.0 Å². The number of nitrogens with one attached hydrogen (secondary N) is 1. The van der Waals surface area contributed by atoms with E-state index in [2.05, 4.69) is 28.6 Å². The smallest absolute Gasteiger partial charge is 0.209 e. The summed E-state index contributed by atoms with van der Waals surface area (Å²) >= 11 is 0. The number of rotatable bonds is 4. The number of nitrogens with zero attached hydrogens (tertiary/aromatic N) is 2. The van der Waals surface area contributed by atoms with Crippen LogP contribution in [0.2, 0.25) is 0 Å². The predicted molar refractivity (Wildman–Crippen MR) is 82.3 cm³/mol. The average Bonchev–Trinajstić information content (AvgIpc) is 2.37. The van der Waals surface area contributed by atoms with E-state index in [4.69, 9.17) is 0 Å². The molecule has 6 heteroatoms. The highest BCUT2D eigenvalue weighted by Gasteiger charge is 2.34. The van der Waals surface area contributed by atoms with Gasteiger partial charge in [0.05, 0.1) is 6.26 Å². The molecule has 20 heavy (non-hydrogen) atoms. The Morgan fingerprint density at radius 2 is 1.65 bits per heavy atom. The molecule has 5 nitrogen and oxygen atoms in total. The van der Waals surface area contributed by atoms with Gasteiger partial charge < -0.3 is 4.90 Å². The van der Waals surface area contributed by atoms with Crippen LogP contribution in [0.3, 0.4) is 0 Å². The Morgan fingerprint density at radius 1 is 1.05 bits per heavy atom. The van der Waals surface area contributed by atoms with Crippen molar-refractivity contribution in [2.75, 3.05) is 33.4 Å². The lowest BCUT2D eigenvalue weighted by molar-refractivity contribution is 0.0759. The van der Waals surface area contributed by atoms with Gasteiger partial charge >= 0.3 is 0 Å². The second-order valence-corrected chi connectivity index (χ2v) is 8.36. The molecule has 0 bridgehead atoms. The van der Waals surface area contributed by atoms with E-state index in [9.17, 15) is 8.42 Å². The van der Waals surface area contributed by atoms with Crippen LogP contribution >= 0.6 is 0 Å². The van der Waals surface area contributed by atoms with Gasteiger partial charge in [0, 0.05) is 18.1 Å². The Labute approximate surface area is 123 Å². The molecular weight excluding hydrogens is 274 g/mol. The number of hydrogen-bond donors (Lipinski definition) is 1. The molecule has 1 saturated heterocycles. The van der Waals surface area contributed by atoms with Crippen molar-refractivity contribution >= 4 is 10.0 Å². The van der Waals surface area contributed by atoms with Crippen LogP contribution in [-0.2, 0) is 10.0 Å². The first-order valence-electron chi connectivity index (χ1n) is 7.74. The van der Waals surface area contributed by atoms with Crippen LogP contribution < -0.4 is 4.72 Å². The van der Waals surface area contributed by atoms with E-state index in [1.165, 1.54) is 25.5 Å². The SMILES string of the molecule is CN(C)C1CCN([C@@H]2CCCC[C@H]2NS(C)(=O)=O)CC1. The molecule has 1 aliphatic carbocycles. The molecule has 0 unspecified atom stereocenters. The minimum Gasteiger partial charge on any atom is -0.306 e. The van der Waals surface area contributed by atoms with Crippen LogP contribution in [0.25, 0.3) is 0 Å². The Morgan fingerprint density at radius 3 is 2.20 bits per heavy atom. The number of sulfonamides is 1. The molecule has 0 amide bonds. The number of likely N-dealkylation sites (tertiary alicyclic amines) is 1. The van der Waals surface area contributed by atoms with Gasteiger partial charge in [-0.25, -0.2) is 13.1 Å². The standard InChI is InChI=1S/C14H29N3O2S/c1-16(2)12-8-10-17(11-9-12)14-7-5-4-6-13(14)15-20(3,18)19/h12-15H,4-11H2,1-3H3/t13-,14-/m1/s1. The van der Waals surface area contributed by atoms with Gasteiger partial charge in [0.1, 0.15) is 0 Å². The van der Waals surface area contributed by atoms with E-state index in [0.717, 1.165) is 32.4 Å². The third-order valence-electron chi connectivity index (χ3n) is 4.79. The first-order chi connectivity index (χ1) is 9.37. The Bertz CT molecular complexity index is 403. The molecule has 0 radical (unpaired) electrons. The molecule has 1 heterocycles. The lowest BCUT2D eigenvalue weighted by Gasteiger charge is -2.44. The zero-order chi connectivity index (χ0) is 14.8. The average molecular weight is 303 g/mol. The largest absolute Gasteiger partial charge is 0.306 e. The first kappa shape index (κ1) is 16.2. The molecule has 0 aromatic rings. The molecule has 1 N–H and O–H groups in total. The van der Waals surface area contributed by atoms with Crippen LogP contribution in [-0.4, -0.2) is 69.8 Å². The van der Waals surface area contributed by atoms with Crippen molar-refractivity contribution in [3.63, 3.8) is 0 Å². The lowest BCUT2D eigenvalue weighted by Crippen LogP contribution is -2.56. The molecule has 2 rings (SSSR count). The van der Waals surface area contributed by atoms with E-state index >= 15 is 0 Å². The summed E-state index contributed by atoms with van der Waals surface area (Å²) in [5.41, 5.74) is 0. The minimum atomic E-state index is -3.10. The maximum atomic E-state index is 11.5. The fourth-order valence-corrected chi connectivity index (χ4v) is 4.52. The van der Waals surface area contributed by atoms with Crippen molar-refractivity contribution in [1.29, 1.82) is 0 Å². The zero-order valence-electron chi connectivity index (χ0n) is 13.0. The van der Waals surface area contributed by atoms with Crippen LogP contribution in [0, 0.1) is 0 Å². The summed E-state index contributed by atoms with van der Waals surface area (Å²) < 4.78 is 25.9. The van der Waals surface area contributed by atoms with Crippen LogP contribution in [0.4, 0.5) is 0 Å². The van der Waals surface area contributed by atoms with Gasteiger partial charge in [-0.05, 0) is 52.9 Å². The molecule has 118 valence electrons. The van der Waals surface area contributed by atoms with Crippen molar-refractivity contribution in [1.82, 2.24) is 14.5 Å². The van der Waals surface area contributed by atoms with Crippen molar-refractivity contribution in [2.45, 2.75) is 56.7 Å². The van der Waals surface area contributed by atoms with Crippen molar-refractivity contribution in [3.8, 4) is 0 Å². The highest BCUT2D eigenvalue weighted by Crippen LogP contribution is 2.27. The highest BCUT2D eigenvalue weighted by molar-refractivity contribution is 7.88. The molecular formula is C14H29N3O2S. The Kier molecular flexibility index (Phi) is 5.45. The second-order valence-electron chi connectivity index (χ2n) is 6.58. The fraction of sp³-hybridized carbons (Fsp3) is 1.00. The minimum absolute atomic E-state index is 0.106. The molecule has 1 aliphatic heterocycles. The lowest BCUT2D eigenvalue weighted by atomic mass is 9.88. The van der Waals surface area contributed by atoms with Gasteiger partial charge in [-0.2, -0.15) is 0 Å². The van der Waals surface area contributed by atoms with Crippen LogP contribution in [0.1, 0.15) is 38.5 Å². The zero-order valence-corrected chi connectivity index (χ0v) is 13.8. The van der Waals surface area contributed by atoms with Crippen molar-refractivity contribution < 1.29 is 8.42 Å². The molecule has 2 aliphatic rings. The van der Waals surface area contributed by atoms with E-state index in [1.807, 2.05) is 0 Å². The van der Waals surface area contributed by atoms with Crippen molar-refractivity contribution in [3.05, 3.63) is 0 Å². The summed E-state index contributed by atoms with van der Waals surface area (Å²) in [7, 11) is 1.19. The normalized spacial score (nSPS) is 30.8. The molecule has 2 atom stereocenters. The second kappa shape index (κ2) is 6.73. The highest BCUT2D eigenvalue weighted by atomic mass is 32.2. The number of hydrogen-bond acceptors (Lipinski definition) is 4. The van der Waals surface area contributed by atoms with E-state index in [0.29, 0.717) is 12.1 Å². The molecule has 1 saturated carbocycles. The summed E-state index contributed by atoms with van der Waals surface area (Å²) in [6, 6.07) is 1.17. The Balaban J connectivity index is 1.95. The van der Waals surface area contributed by atoms with Gasteiger partial charge in [0.15, 0.2) is 0 Å². The van der Waals surface area contributed by atoms with Gasteiger partial charge in [-0.3, -0.25) is 4.90 Å². The third kappa shape index (κ3) is 4.41. The summed E-state index contributed by atoms with van der Waals surface area (Å²) in [4.78, 5) is 4.83. The maximum absolute atomic E-state index is 11.5. The van der Waals surface area contributed by atoms with E-state index in [1.54, 1.807) is 0 Å². The number of piperidine rings is 1. The van der Waals surface area contributed by atoms with E-state index < -0.39 is 10.0 Å². The fourth-order valence-electron chi connectivity index (χ4n) is 3.69. The molecule has 0 spiro atoms. The summed E-state index contributed by atoms with van der Waals surface area (Å²) in [6.07, 6.45) is 8.12.